The van der Waals surface area contributed by atoms with Crippen molar-refractivity contribution in [2.45, 2.75) is 13.3 Å². The van der Waals surface area contributed by atoms with Crippen LogP contribution in [0.4, 0.5) is 5.69 Å². The number of amides is 1. The molecule has 72 valence electrons. The molecule has 1 amide bonds. The van der Waals surface area contributed by atoms with Crippen LogP contribution in [0.5, 0.6) is 0 Å². The molecule has 0 aromatic heterocycles. The average Bonchev–Trinajstić information content (AvgIpc) is 2.19. The SMILES string of the molecule is [C-]#[N+]CC(=O)Nc1ccccc1CC. The van der Waals surface area contributed by atoms with Crippen LogP contribution < -0.4 is 5.32 Å². The maximum Gasteiger partial charge on any atom is 0.304 e. The zero-order valence-corrected chi connectivity index (χ0v) is 8.08. The van der Waals surface area contributed by atoms with E-state index in [4.69, 9.17) is 6.57 Å². The van der Waals surface area contributed by atoms with Gasteiger partial charge in [0.25, 0.3) is 6.54 Å². The van der Waals surface area contributed by atoms with Gasteiger partial charge in [0, 0.05) is 5.69 Å². The molecular formula is C11H12N2O. The molecule has 3 heteroatoms. The first kappa shape index (κ1) is 10.3. The van der Waals surface area contributed by atoms with E-state index in [1.54, 1.807) is 0 Å². The third-order valence-corrected chi connectivity index (χ3v) is 1.90. The van der Waals surface area contributed by atoms with Gasteiger partial charge in [-0.2, -0.15) is 0 Å². The Morgan fingerprint density at radius 1 is 1.50 bits per heavy atom. The number of nitrogens with one attached hydrogen (secondary N) is 1. The smallest absolute Gasteiger partial charge is 0.304 e. The first-order valence-corrected chi connectivity index (χ1v) is 4.49. The van der Waals surface area contributed by atoms with Gasteiger partial charge in [-0.3, -0.25) is 4.79 Å². The summed E-state index contributed by atoms with van der Waals surface area (Å²) in [5.41, 5.74) is 1.90. The van der Waals surface area contributed by atoms with Crippen LogP contribution in [0.3, 0.4) is 0 Å². The molecule has 0 unspecified atom stereocenters. The molecule has 0 radical (unpaired) electrons. The minimum absolute atomic E-state index is 0.113. The van der Waals surface area contributed by atoms with Crippen LogP contribution >= 0.6 is 0 Å². The van der Waals surface area contributed by atoms with Gasteiger partial charge in [0.2, 0.25) is 0 Å². The number of rotatable bonds is 3. The Bertz CT molecular complexity index is 366. The number of benzene rings is 1. The van der Waals surface area contributed by atoms with E-state index in [0.717, 1.165) is 17.7 Å². The lowest BCUT2D eigenvalue weighted by molar-refractivity contribution is -0.114. The summed E-state index contributed by atoms with van der Waals surface area (Å²) in [6, 6.07) is 7.62. The fraction of sp³-hybridized carbons (Fsp3) is 0.273. The minimum Gasteiger partial charge on any atom is -0.319 e. The molecule has 0 aliphatic carbocycles. The highest BCUT2D eigenvalue weighted by Gasteiger charge is 2.06. The molecule has 0 atom stereocenters. The summed E-state index contributed by atoms with van der Waals surface area (Å²) in [6.45, 7) is 8.48. The number of para-hydroxylation sites is 1. The summed E-state index contributed by atoms with van der Waals surface area (Å²) < 4.78 is 0. The largest absolute Gasteiger partial charge is 0.319 e. The fourth-order valence-corrected chi connectivity index (χ4v) is 1.21. The number of nitrogens with zero attached hydrogens (tertiary/aromatic N) is 1. The van der Waals surface area contributed by atoms with Crippen LogP contribution in [0.15, 0.2) is 24.3 Å². The molecule has 0 saturated carbocycles. The number of hydrogen-bond donors (Lipinski definition) is 1. The lowest BCUT2D eigenvalue weighted by Gasteiger charge is -2.06. The van der Waals surface area contributed by atoms with Crippen LogP contribution in [0.2, 0.25) is 0 Å². The highest BCUT2D eigenvalue weighted by Crippen LogP contribution is 2.14. The van der Waals surface area contributed by atoms with Gasteiger partial charge in [0.1, 0.15) is 0 Å². The number of hydrogen-bond acceptors (Lipinski definition) is 1. The monoisotopic (exact) mass is 188 g/mol. The van der Waals surface area contributed by atoms with Crippen molar-refractivity contribution in [3.63, 3.8) is 0 Å². The average molecular weight is 188 g/mol. The fourth-order valence-electron chi connectivity index (χ4n) is 1.21. The summed E-state index contributed by atoms with van der Waals surface area (Å²) in [5.74, 6) is -0.249. The Morgan fingerprint density at radius 3 is 2.86 bits per heavy atom. The molecule has 14 heavy (non-hydrogen) atoms. The van der Waals surface area contributed by atoms with E-state index in [2.05, 4.69) is 10.2 Å². The highest BCUT2D eigenvalue weighted by molar-refractivity contribution is 5.93. The molecule has 1 aromatic carbocycles. The van der Waals surface area contributed by atoms with Crippen LogP contribution in [0.25, 0.3) is 4.85 Å². The van der Waals surface area contributed by atoms with Gasteiger partial charge in [0.15, 0.2) is 0 Å². The van der Waals surface area contributed by atoms with E-state index < -0.39 is 0 Å². The Labute approximate surface area is 83.6 Å². The van der Waals surface area contributed by atoms with Crippen LogP contribution in [-0.2, 0) is 11.2 Å². The van der Waals surface area contributed by atoms with Crippen molar-refractivity contribution in [1.82, 2.24) is 0 Å². The zero-order chi connectivity index (χ0) is 10.4. The second-order valence-electron chi connectivity index (χ2n) is 2.88. The quantitative estimate of drug-likeness (QED) is 0.724. The number of carbonyl (C=O) groups is 1. The van der Waals surface area contributed by atoms with Gasteiger partial charge in [-0.05, 0) is 18.1 Å². The van der Waals surface area contributed by atoms with Crippen molar-refractivity contribution in [1.29, 1.82) is 0 Å². The van der Waals surface area contributed by atoms with Gasteiger partial charge in [-0.15, -0.1) is 0 Å². The molecule has 0 saturated heterocycles. The first-order chi connectivity index (χ1) is 6.77. The normalized spacial score (nSPS) is 9.14. The summed E-state index contributed by atoms with van der Waals surface area (Å²) in [6.07, 6.45) is 0.870. The standard InChI is InChI=1S/C11H12N2O/c1-3-9-6-4-5-7-10(9)13-11(14)8-12-2/h4-7H,3,8H2,1H3,(H,13,14). The topological polar surface area (TPSA) is 33.5 Å². The maximum absolute atomic E-state index is 11.2. The van der Waals surface area contributed by atoms with E-state index in [1.165, 1.54) is 0 Å². The molecule has 1 aromatic rings. The van der Waals surface area contributed by atoms with E-state index >= 15 is 0 Å². The molecule has 1 N–H and O–H groups in total. The summed E-state index contributed by atoms with van der Waals surface area (Å²) in [7, 11) is 0. The second kappa shape index (κ2) is 5.03. The predicted molar refractivity (Wildman–Crippen MR) is 55.9 cm³/mol. The second-order valence-corrected chi connectivity index (χ2v) is 2.88. The lowest BCUT2D eigenvalue weighted by atomic mass is 10.1. The van der Waals surface area contributed by atoms with Crippen LogP contribution in [-0.4, -0.2) is 12.5 Å². The predicted octanol–water partition coefficient (Wildman–Crippen LogP) is 2.11. The van der Waals surface area contributed by atoms with Crippen molar-refractivity contribution >= 4 is 11.6 Å². The molecule has 0 bridgehead atoms. The number of anilines is 1. The van der Waals surface area contributed by atoms with E-state index in [0.29, 0.717) is 0 Å². The van der Waals surface area contributed by atoms with Gasteiger partial charge < -0.3 is 10.2 Å². The van der Waals surface area contributed by atoms with Crippen LogP contribution in [0.1, 0.15) is 12.5 Å². The highest BCUT2D eigenvalue weighted by atomic mass is 16.1. The molecule has 3 nitrogen and oxygen atoms in total. The molecule has 0 fully saturated rings. The van der Waals surface area contributed by atoms with Crippen molar-refractivity contribution in [3.05, 3.63) is 41.2 Å². The van der Waals surface area contributed by atoms with Gasteiger partial charge in [0.05, 0.1) is 0 Å². The summed E-state index contributed by atoms with van der Waals surface area (Å²) >= 11 is 0. The molecule has 0 aliphatic rings. The maximum atomic E-state index is 11.2. The van der Waals surface area contributed by atoms with Crippen molar-refractivity contribution in [2.24, 2.45) is 0 Å². The third kappa shape index (κ3) is 2.60. The minimum atomic E-state index is -0.249. The number of carbonyl (C=O) groups excluding carboxylic acids is 1. The Morgan fingerprint density at radius 2 is 2.21 bits per heavy atom. The van der Waals surface area contributed by atoms with E-state index in [1.807, 2.05) is 31.2 Å². The van der Waals surface area contributed by atoms with Crippen molar-refractivity contribution in [3.8, 4) is 0 Å². The molecule has 0 spiro atoms. The Kier molecular flexibility index (Phi) is 3.69. The molecule has 0 aliphatic heterocycles. The molecular weight excluding hydrogens is 176 g/mol. The Balaban J connectivity index is 2.76. The van der Waals surface area contributed by atoms with Crippen molar-refractivity contribution in [2.75, 3.05) is 11.9 Å². The van der Waals surface area contributed by atoms with E-state index in [-0.39, 0.29) is 12.5 Å². The zero-order valence-electron chi connectivity index (χ0n) is 8.08. The van der Waals surface area contributed by atoms with Crippen LogP contribution in [0, 0.1) is 6.57 Å². The summed E-state index contributed by atoms with van der Waals surface area (Å²) in [5, 5.41) is 2.71. The van der Waals surface area contributed by atoms with Crippen molar-refractivity contribution < 1.29 is 4.79 Å². The summed E-state index contributed by atoms with van der Waals surface area (Å²) in [4.78, 5) is 14.2. The Hall–Kier alpha value is -1.82. The first-order valence-electron chi connectivity index (χ1n) is 4.49. The molecule has 1 rings (SSSR count). The van der Waals surface area contributed by atoms with Gasteiger partial charge in [-0.25, -0.2) is 6.57 Å². The number of aryl methyl sites for hydroxylation is 1. The van der Waals surface area contributed by atoms with E-state index in [9.17, 15) is 4.79 Å². The van der Waals surface area contributed by atoms with Gasteiger partial charge >= 0.3 is 5.91 Å². The van der Waals surface area contributed by atoms with Gasteiger partial charge in [-0.1, -0.05) is 25.1 Å². The third-order valence-electron chi connectivity index (χ3n) is 1.90. The molecule has 0 heterocycles. The lowest BCUT2D eigenvalue weighted by Crippen LogP contribution is -2.14.